The molecule has 0 fully saturated rings. The van der Waals surface area contributed by atoms with Crippen molar-refractivity contribution >= 4 is 0 Å². The van der Waals surface area contributed by atoms with Crippen LogP contribution in [0, 0.1) is 5.92 Å². The lowest BCUT2D eigenvalue weighted by atomic mass is 10.0. The number of rotatable bonds is 37. The molecular weight excluding hydrogens is 548 g/mol. The van der Waals surface area contributed by atoms with Crippen molar-refractivity contribution < 1.29 is 10.2 Å². The van der Waals surface area contributed by atoms with Crippen molar-refractivity contribution in [3.8, 4) is 0 Å². The molecule has 2 atom stereocenters. The Morgan fingerprint density at radius 2 is 0.556 bits per heavy atom. The third-order valence-electron chi connectivity index (χ3n) is 10.1. The molecule has 2 nitrogen and oxygen atoms in total. The second-order valence-corrected chi connectivity index (χ2v) is 14.7. The summed E-state index contributed by atoms with van der Waals surface area (Å²) in [6.45, 7) is 9.23. The van der Waals surface area contributed by atoms with E-state index in [4.69, 9.17) is 5.11 Å². The van der Waals surface area contributed by atoms with Gasteiger partial charge in [0.25, 0.3) is 0 Å². The zero-order valence-corrected chi connectivity index (χ0v) is 32.2. The number of aliphatic hydroxyl groups excluding tert-OH is 2. The summed E-state index contributed by atoms with van der Waals surface area (Å²) in [5.74, 6) is 0.560. The Labute approximate surface area is 287 Å². The van der Waals surface area contributed by atoms with Gasteiger partial charge in [-0.2, -0.15) is 0 Å². The van der Waals surface area contributed by atoms with Crippen LogP contribution in [0.15, 0.2) is 0 Å². The Hall–Kier alpha value is -0.0800. The van der Waals surface area contributed by atoms with Gasteiger partial charge >= 0.3 is 0 Å². The Morgan fingerprint density at radius 3 is 0.822 bits per heavy atom. The zero-order valence-electron chi connectivity index (χ0n) is 32.2. The summed E-state index contributed by atoms with van der Waals surface area (Å²) >= 11 is 0. The van der Waals surface area contributed by atoms with Crippen LogP contribution in [0.4, 0.5) is 0 Å². The van der Waals surface area contributed by atoms with E-state index in [1.165, 1.54) is 212 Å². The minimum absolute atomic E-state index is 0.0317. The topological polar surface area (TPSA) is 40.5 Å². The van der Waals surface area contributed by atoms with Crippen LogP contribution in [-0.2, 0) is 0 Å². The molecule has 0 aliphatic heterocycles. The number of hydrogen-bond acceptors (Lipinski definition) is 2. The van der Waals surface area contributed by atoms with E-state index in [1.54, 1.807) is 0 Å². The highest BCUT2D eigenvalue weighted by Gasteiger charge is 2.03. The van der Waals surface area contributed by atoms with Gasteiger partial charge in [-0.1, -0.05) is 240 Å². The van der Waals surface area contributed by atoms with Gasteiger partial charge in [0.1, 0.15) is 0 Å². The van der Waals surface area contributed by atoms with E-state index in [9.17, 15) is 5.11 Å². The highest BCUT2D eigenvalue weighted by atomic mass is 16.3. The third kappa shape index (κ3) is 43.9. The van der Waals surface area contributed by atoms with Gasteiger partial charge in [-0.15, -0.1) is 0 Å². The predicted molar refractivity (Wildman–Crippen MR) is 205 cm³/mol. The predicted octanol–water partition coefficient (Wildman–Crippen LogP) is 15.1. The highest BCUT2D eigenvalue weighted by Crippen LogP contribution is 2.17. The maximum atomic E-state index is 9.97. The van der Waals surface area contributed by atoms with Crippen LogP contribution in [0.1, 0.15) is 259 Å². The van der Waals surface area contributed by atoms with Crippen LogP contribution >= 0.6 is 0 Å². The zero-order chi connectivity index (χ0) is 33.3. The maximum absolute atomic E-state index is 9.97. The van der Waals surface area contributed by atoms with Crippen LogP contribution in [-0.4, -0.2) is 22.9 Å². The lowest BCUT2D eigenvalue weighted by molar-refractivity contribution is 0.147. The smallest absolute Gasteiger partial charge is 0.0540 e. The monoisotopic (exact) mass is 639 g/mol. The van der Waals surface area contributed by atoms with Gasteiger partial charge in [0.05, 0.1) is 6.10 Å². The molecule has 0 radical (unpaired) electrons. The summed E-state index contributed by atoms with van der Waals surface area (Å²) in [5.41, 5.74) is 0. The first-order chi connectivity index (χ1) is 22.2. The molecule has 0 heterocycles. The number of unbranched alkanes of at least 4 members (excludes halogenated alkanes) is 29. The molecule has 0 amide bonds. The Balaban J connectivity index is 0. The molecule has 0 aromatic rings. The van der Waals surface area contributed by atoms with Gasteiger partial charge < -0.3 is 10.2 Å². The fourth-order valence-corrected chi connectivity index (χ4v) is 6.56. The molecule has 0 aromatic carbocycles. The Kier molecular flexibility index (Phi) is 45.9. The summed E-state index contributed by atoms with van der Waals surface area (Å²) in [6, 6.07) is 0. The van der Waals surface area contributed by atoms with E-state index in [-0.39, 0.29) is 6.10 Å². The average molecular weight is 639 g/mol. The van der Waals surface area contributed by atoms with E-state index >= 15 is 0 Å². The van der Waals surface area contributed by atoms with Crippen molar-refractivity contribution in [2.75, 3.05) is 6.61 Å². The van der Waals surface area contributed by atoms with Crippen molar-refractivity contribution in [3.05, 3.63) is 0 Å². The average Bonchev–Trinajstić information content (AvgIpc) is 3.05. The Morgan fingerprint density at radius 1 is 0.311 bits per heavy atom. The molecule has 0 aromatic heterocycles. The fourth-order valence-electron chi connectivity index (χ4n) is 6.56. The molecule has 0 aliphatic rings. The minimum Gasteiger partial charge on any atom is -0.396 e. The van der Waals surface area contributed by atoms with E-state index in [0.717, 1.165) is 19.3 Å². The molecule has 0 saturated carbocycles. The van der Waals surface area contributed by atoms with Crippen LogP contribution in [0.2, 0.25) is 0 Å². The fraction of sp³-hybridized carbons (Fsp3) is 1.00. The number of hydrogen-bond donors (Lipinski definition) is 2. The third-order valence-corrected chi connectivity index (χ3v) is 10.1. The highest BCUT2D eigenvalue weighted by molar-refractivity contribution is 4.57. The van der Waals surface area contributed by atoms with Gasteiger partial charge in [0.15, 0.2) is 0 Å². The van der Waals surface area contributed by atoms with E-state index in [0.29, 0.717) is 12.5 Å². The molecule has 0 spiro atoms. The summed E-state index contributed by atoms with van der Waals surface area (Å²) in [5, 5.41) is 18.7. The first kappa shape index (κ1) is 47.0. The Bertz CT molecular complexity index is 474. The van der Waals surface area contributed by atoms with E-state index in [2.05, 4.69) is 27.7 Å². The summed E-state index contributed by atoms with van der Waals surface area (Å²) in [7, 11) is 0. The summed E-state index contributed by atoms with van der Waals surface area (Å²) < 4.78 is 0. The van der Waals surface area contributed by atoms with Crippen molar-refractivity contribution in [1.29, 1.82) is 0 Å². The van der Waals surface area contributed by atoms with Crippen LogP contribution < -0.4 is 0 Å². The van der Waals surface area contributed by atoms with Gasteiger partial charge in [-0.3, -0.25) is 0 Å². The normalized spacial score (nSPS) is 12.7. The SMILES string of the molecule is CCCCC(CC)CO.CCCCCCCCCCCCCCCCCCCCCCCCCCCCCC(O)CCCCC. The molecule has 274 valence electrons. The van der Waals surface area contributed by atoms with Gasteiger partial charge in [0, 0.05) is 6.61 Å². The first-order valence-corrected chi connectivity index (χ1v) is 21.4. The van der Waals surface area contributed by atoms with Gasteiger partial charge in [0.2, 0.25) is 0 Å². The van der Waals surface area contributed by atoms with E-state index < -0.39 is 0 Å². The van der Waals surface area contributed by atoms with Crippen molar-refractivity contribution in [1.82, 2.24) is 0 Å². The molecule has 0 rings (SSSR count). The van der Waals surface area contributed by atoms with Crippen molar-refractivity contribution in [3.63, 3.8) is 0 Å². The molecule has 0 saturated heterocycles. The molecule has 2 unspecified atom stereocenters. The van der Waals surface area contributed by atoms with Gasteiger partial charge in [-0.05, 0) is 25.2 Å². The largest absolute Gasteiger partial charge is 0.396 e. The van der Waals surface area contributed by atoms with Crippen molar-refractivity contribution in [2.24, 2.45) is 5.92 Å². The molecular formula is C43H90O2. The second kappa shape index (κ2) is 43.9. The van der Waals surface area contributed by atoms with Crippen LogP contribution in [0.25, 0.3) is 0 Å². The molecule has 0 aliphatic carbocycles. The van der Waals surface area contributed by atoms with Crippen molar-refractivity contribution in [2.45, 2.75) is 265 Å². The second-order valence-electron chi connectivity index (χ2n) is 14.7. The molecule has 45 heavy (non-hydrogen) atoms. The lowest BCUT2D eigenvalue weighted by Crippen LogP contribution is -2.05. The van der Waals surface area contributed by atoms with E-state index in [1.807, 2.05) is 0 Å². The molecule has 2 N–H and O–H groups in total. The first-order valence-electron chi connectivity index (χ1n) is 21.4. The lowest BCUT2D eigenvalue weighted by Gasteiger charge is -2.09. The van der Waals surface area contributed by atoms with Crippen LogP contribution in [0.5, 0.6) is 0 Å². The van der Waals surface area contributed by atoms with Crippen LogP contribution in [0.3, 0.4) is 0 Å². The summed E-state index contributed by atoms with van der Waals surface area (Å²) in [6.07, 6.45) is 49.7. The van der Waals surface area contributed by atoms with Gasteiger partial charge in [-0.25, -0.2) is 0 Å². The summed E-state index contributed by atoms with van der Waals surface area (Å²) in [4.78, 5) is 0. The number of aliphatic hydroxyl groups is 2. The molecule has 2 heteroatoms. The minimum atomic E-state index is -0.0317. The maximum Gasteiger partial charge on any atom is 0.0540 e. The standard InChI is InChI=1S/C35H72O.C8H18O/c1-3-5-7-8-9-10-11-12-13-14-15-16-17-18-19-20-21-22-23-24-25-26-27-28-29-30-32-34-35(36)33-31-6-4-2;1-3-5-6-8(4-2)7-9/h35-36H,3-34H2,1-2H3;8-9H,3-7H2,1-2H3. The molecule has 0 bridgehead atoms. The quantitative estimate of drug-likeness (QED) is 0.0665.